The molecule has 2 nitrogen and oxygen atoms in total. The summed E-state index contributed by atoms with van der Waals surface area (Å²) in [4.78, 5) is 0. The second-order valence-electron chi connectivity index (χ2n) is 2.41. The summed E-state index contributed by atoms with van der Waals surface area (Å²) in [7, 11) is 1.24. The number of aromatic nitrogens is 2. The molecule has 0 bridgehead atoms. The van der Waals surface area contributed by atoms with Crippen LogP contribution in [0.5, 0.6) is 0 Å². The number of halogens is 3. The summed E-state index contributed by atoms with van der Waals surface area (Å²) in [5.74, 6) is -1.17. The van der Waals surface area contributed by atoms with E-state index in [0.717, 1.165) is 6.07 Å². The number of benzene rings is 1. The lowest BCUT2D eigenvalue weighted by molar-refractivity contribution is 0.590. The molecule has 1 aromatic heterocycles. The van der Waals surface area contributed by atoms with Crippen molar-refractivity contribution in [3.8, 4) is 0 Å². The molecule has 6 heteroatoms. The van der Waals surface area contributed by atoms with E-state index in [1.54, 1.807) is 0 Å². The van der Waals surface area contributed by atoms with E-state index in [1.807, 2.05) is 21.2 Å². The van der Waals surface area contributed by atoms with Gasteiger partial charge in [0.25, 0.3) is 0 Å². The van der Waals surface area contributed by atoms with Crippen molar-refractivity contribution in [2.75, 3.05) is 0 Å². The highest BCUT2D eigenvalue weighted by atomic mass is 127. The molecule has 0 aliphatic carbocycles. The van der Waals surface area contributed by atoms with Crippen LogP contribution in [0.2, 0.25) is 0 Å². The molecular formula is C7H3F2IN2S. The molecule has 0 N–H and O–H groups in total. The van der Waals surface area contributed by atoms with E-state index in [2.05, 4.69) is 5.10 Å². The maximum absolute atomic E-state index is 13.2. The van der Waals surface area contributed by atoms with Crippen LogP contribution in [0.25, 0.3) is 10.9 Å². The molecule has 0 amide bonds. The first-order chi connectivity index (χ1) is 6.22. The largest absolute Gasteiger partial charge is 0.207 e. The lowest BCUT2D eigenvalue weighted by Crippen LogP contribution is -1.88. The highest BCUT2D eigenvalue weighted by Crippen LogP contribution is 2.25. The van der Waals surface area contributed by atoms with Gasteiger partial charge in [-0.3, -0.25) is 0 Å². The fourth-order valence-electron chi connectivity index (χ4n) is 1.11. The zero-order valence-corrected chi connectivity index (χ0v) is 9.14. The Hall–Kier alpha value is -0.370. The monoisotopic (exact) mass is 312 g/mol. The SMILES string of the molecule is Fc1cc(F)c2c(cnn2SI)c1. The normalized spacial score (nSPS) is 11.0. The highest BCUT2D eigenvalue weighted by molar-refractivity contribution is 14.2. The molecular weight excluding hydrogens is 309 g/mol. The quantitative estimate of drug-likeness (QED) is 0.753. The fourth-order valence-corrected chi connectivity index (χ4v) is 2.35. The Balaban J connectivity index is 2.82. The van der Waals surface area contributed by atoms with Crippen molar-refractivity contribution >= 4 is 41.2 Å². The molecule has 2 aromatic rings. The Kier molecular flexibility index (Phi) is 2.41. The number of rotatable bonds is 1. The summed E-state index contributed by atoms with van der Waals surface area (Å²) in [6.45, 7) is 0. The molecule has 0 aliphatic rings. The van der Waals surface area contributed by atoms with Gasteiger partial charge in [-0.05, 0) is 6.07 Å². The average molecular weight is 312 g/mol. The van der Waals surface area contributed by atoms with Crippen molar-refractivity contribution in [2.24, 2.45) is 0 Å². The van der Waals surface area contributed by atoms with Crippen molar-refractivity contribution in [1.29, 1.82) is 0 Å². The standard InChI is InChI=1S/C7H3F2IN2S/c8-5-1-4-3-11-12(13-10)7(4)6(9)2-5/h1-3H. The summed E-state index contributed by atoms with van der Waals surface area (Å²) >= 11 is 1.98. The molecule has 0 unspecified atom stereocenters. The van der Waals surface area contributed by atoms with Gasteiger partial charge in [-0.1, -0.05) is 0 Å². The van der Waals surface area contributed by atoms with Crippen LogP contribution in [0.3, 0.4) is 0 Å². The second-order valence-corrected chi connectivity index (χ2v) is 4.08. The van der Waals surface area contributed by atoms with Crippen molar-refractivity contribution in [2.45, 2.75) is 0 Å². The summed E-state index contributed by atoms with van der Waals surface area (Å²) in [6.07, 6.45) is 1.44. The highest BCUT2D eigenvalue weighted by Gasteiger charge is 2.09. The molecule has 0 radical (unpaired) electrons. The Morgan fingerprint density at radius 2 is 2.15 bits per heavy atom. The van der Waals surface area contributed by atoms with E-state index in [9.17, 15) is 8.78 Å². The lowest BCUT2D eigenvalue weighted by Gasteiger charge is -1.97. The van der Waals surface area contributed by atoms with E-state index in [4.69, 9.17) is 0 Å². The third-order valence-electron chi connectivity index (χ3n) is 1.62. The Morgan fingerprint density at radius 1 is 1.38 bits per heavy atom. The summed E-state index contributed by atoms with van der Waals surface area (Å²) in [6, 6.07) is 2.11. The molecule has 68 valence electrons. The van der Waals surface area contributed by atoms with Gasteiger partial charge in [0.05, 0.1) is 6.20 Å². The van der Waals surface area contributed by atoms with Gasteiger partial charge in [0.1, 0.15) is 11.3 Å². The first-order valence-electron chi connectivity index (χ1n) is 3.34. The third kappa shape index (κ3) is 1.52. The van der Waals surface area contributed by atoms with E-state index >= 15 is 0 Å². The first kappa shape index (κ1) is 9.20. The van der Waals surface area contributed by atoms with Gasteiger partial charge < -0.3 is 0 Å². The Labute approximate surface area is 89.0 Å². The number of hydrogen-bond donors (Lipinski definition) is 0. The van der Waals surface area contributed by atoms with E-state index in [-0.39, 0.29) is 0 Å². The zero-order chi connectivity index (χ0) is 9.42. The molecule has 1 heterocycles. The molecule has 0 saturated heterocycles. The zero-order valence-electron chi connectivity index (χ0n) is 6.17. The maximum atomic E-state index is 13.2. The van der Waals surface area contributed by atoms with Crippen molar-refractivity contribution in [3.63, 3.8) is 0 Å². The minimum absolute atomic E-state index is 0.320. The molecule has 13 heavy (non-hydrogen) atoms. The topological polar surface area (TPSA) is 17.8 Å². The van der Waals surface area contributed by atoms with Gasteiger partial charge in [0, 0.05) is 41.8 Å². The summed E-state index contributed by atoms with van der Waals surface area (Å²) in [5.41, 5.74) is 0.320. The van der Waals surface area contributed by atoms with Gasteiger partial charge in [-0.2, -0.15) is 9.19 Å². The fraction of sp³-hybridized carbons (Fsp3) is 0. The van der Waals surface area contributed by atoms with E-state index in [1.165, 1.54) is 25.5 Å². The van der Waals surface area contributed by atoms with Gasteiger partial charge in [-0.15, -0.1) is 0 Å². The molecule has 0 saturated carbocycles. The molecule has 0 atom stereocenters. The third-order valence-corrected chi connectivity index (χ3v) is 3.14. The average Bonchev–Trinajstić information content (AvgIpc) is 2.47. The maximum Gasteiger partial charge on any atom is 0.153 e. The van der Waals surface area contributed by atoms with Gasteiger partial charge in [-0.25, -0.2) is 8.78 Å². The van der Waals surface area contributed by atoms with Gasteiger partial charge in [0.2, 0.25) is 0 Å². The van der Waals surface area contributed by atoms with Crippen LogP contribution in [0.15, 0.2) is 18.3 Å². The minimum Gasteiger partial charge on any atom is -0.207 e. The van der Waals surface area contributed by atoms with E-state index < -0.39 is 11.6 Å². The van der Waals surface area contributed by atoms with Crippen LogP contribution in [0, 0.1) is 11.6 Å². The molecule has 0 fully saturated rings. The second kappa shape index (κ2) is 3.41. The van der Waals surface area contributed by atoms with Gasteiger partial charge in [0.15, 0.2) is 5.82 Å². The Bertz CT molecular complexity index is 457. The molecule has 1 aromatic carbocycles. The van der Waals surface area contributed by atoms with Crippen molar-refractivity contribution < 1.29 is 8.78 Å². The number of nitrogens with zero attached hydrogens (tertiary/aromatic N) is 2. The van der Waals surface area contributed by atoms with Gasteiger partial charge >= 0.3 is 0 Å². The summed E-state index contributed by atoms with van der Waals surface area (Å²) in [5, 5.41) is 4.35. The lowest BCUT2D eigenvalue weighted by atomic mass is 10.2. The predicted octanol–water partition coefficient (Wildman–Crippen LogP) is 3.16. The van der Waals surface area contributed by atoms with Crippen LogP contribution < -0.4 is 0 Å². The van der Waals surface area contributed by atoms with E-state index in [0.29, 0.717) is 10.9 Å². The van der Waals surface area contributed by atoms with Crippen LogP contribution in [0.1, 0.15) is 0 Å². The predicted molar refractivity (Wildman–Crippen MR) is 56.7 cm³/mol. The van der Waals surface area contributed by atoms with Crippen LogP contribution in [0.4, 0.5) is 8.78 Å². The molecule has 2 rings (SSSR count). The van der Waals surface area contributed by atoms with Crippen molar-refractivity contribution in [1.82, 2.24) is 9.19 Å². The molecule has 0 spiro atoms. The van der Waals surface area contributed by atoms with Crippen molar-refractivity contribution in [3.05, 3.63) is 30.0 Å². The van der Waals surface area contributed by atoms with Crippen LogP contribution in [-0.4, -0.2) is 9.19 Å². The smallest absolute Gasteiger partial charge is 0.153 e. The van der Waals surface area contributed by atoms with Crippen LogP contribution in [-0.2, 0) is 0 Å². The molecule has 0 aliphatic heterocycles. The minimum atomic E-state index is -0.586. The number of hydrogen-bond acceptors (Lipinski definition) is 2. The Morgan fingerprint density at radius 3 is 2.85 bits per heavy atom. The summed E-state index contributed by atoms with van der Waals surface area (Å²) < 4.78 is 27.3. The first-order valence-corrected chi connectivity index (χ1v) is 6.66. The van der Waals surface area contributed by atoms with Crippen LogP contribution >= 0.6 is 30.3 Å². The number of fused-ring (bicyclic) bond motifs is 1.